The van der Waals surface area contributed by atoms with Gasteiger partial charge in [0.25, 0.3) is 0 Å². The van der Waals surface area contributed by atoms with Crippen molar-refractivity contribution in [3.8, 4) is 0 Å². The van der Waals surface area contributed by atoms with E-state index in [1.165, 1.54) is 0 Å². The molecule has 0 bridgehead atoms. The van der Waals surface area contributed by atoms with Gasteiger partial charge in [-0.15, -0.1) is 0 Å². The average molecular weight is 135 g/mol. The molecule has 0 saturated carbocycles. The predicted octanol–water partition coefficient (Wildman–Crippen LogP) is 1.64. The highest BCUT2D eigenvalue weighted by molar-refractivity contribution is 5.83. The lowest BCUT2D eigenvalue weighted by Crippen LogP contribution is -2.00. The van der Waals surface area contributed by atoms with E-state index in [4.69, 9.17) is 0 Å². The number of fused-ring (bicyclic) bond motifs is 1. The van der Waals surface area contributed by atoms with E-state index in [9.17, 15) is 4.79 Å². The normalized spacial score (nSPS) is 23.3. The monoisotopic (exact) mass is 135 g/mol. The number of carbonyl (C=O) groups excluding carboxylic acids is 1. The average Bonchev–Trinajstić information content (AvgIpc) is 2.39. The van der Waals surface area contributed by atoms with Gasteiger partial charge in [0, 0.05) is 24.2 Å². The number of rotatable bonds is 0. The summed E-state index contributed by atoms with van der Waals surface area (Å²) in [4.78, 5) is 11.1. The Morgan fingerprint density at radius 1 is 1.70 bits per heavy atom. The third-order valence-electron chi connectivity index (χ3n) is 2.03. The smallest absolute Gasteiger partial charge is 0.231 e. The van der Waals surface area contributed by atoms with Gasteiger partial charge in [0.15, 0.2) is 0 Å². The molecule has 2 rings (SSSR count). The van der Waals surface area contributed by atoms with Gasteiger partial charge in [-0.3, -0.25) is 9.36 Å². The van der Waals surface area contributed by atoms with Crippen molar-refractivity contribution in [2.24, 2.45) is 0 Å². The molecule has 1 aliphatic rings. The fourth-order valence-corrected chi connectivity index (χ4v) is 1.49. The van der Waals surface area contributed by atoms with Crippen LogP contribution in [0.2, 0.25) is 0 Å². The highest BCUT2D eigenvalue weighted by atomic mass is 16.2. The van der Waals surface area contributed by atoms with E-state index in [-0.39, 0.29) is 5.91 Å². The topological polar surface area (TPSA) is 22.0 Å². The Labute approximate surface area is 59.5 Å². The lowest BCUT2D eigenvalue weighted by molar-refractivity contribution is 0.0921. The maximum Gasteiger partial charge on any atom is 0.231 e. The first kappa shape index (κ1) is 5.71. The minimum absolute atomic E-state index is 0.229. The second kappa shape index (κ2) is 1.72. The van der Waals surface area contributed by atoms with Crippen LogP contribution >= 0.6 is 0 Å². The van der Waals surface area contributed by atoms with Gasteiger partial charge < -0.3 is 0 Å². The van der Waals surface area contributed by atoms with Crippen molar-refractivity contribution in [2.75, 3.05) is 0 Å². The minimum Gasteiger partial charge on any atom is -0.291 e. The predicted molar refractivity (Wildman–Crippen MR) is 38.1 cm³/mol. The summed E-state index contributed by atoms with van der Waals surface area (Å²) < 4.78 is 1.74. The Morgan fingerprint density at radius 3 is 3.20 bits per heavy atom. The van der Waals surface area contributed by atoms with Crippen molar-refractivity contribution in [1.82, 2.24) is 4.57 Å². The summed E-state index contributed by atoms with van der Waals surface area (Å²) >= 11 is 0. The van der Waals surface area contributed by atoms with Gasteiger partial charge >= 0.3 is 0 Å². The summed E-state index contributed by atoms with van der Waals surface area (Å²) in [6, 6.07) is 3.93. The van der Waals surface area contributed by atoms with E-state index in [2.05, 4.69) is 6.92 Å². The zero-order valence-electron chi connectivity index (χ0n) is 5.87. The van der Waals surface area contributed by atoms with Crippen LogP contribution in [0.25, 0.3) is 0 Å². The van der Waals surface area contributed by atoms with Crippen LogP contribution in [0.3, 0.4) is 0 Å². The molecule has 0 saturated heterocycles. The minimum atomic E-state index is 0.229. The molecule has 1 aromatic rings. The summed E-state index contributed by atoms with van der Waals surface area (Å²) in [5.41, 5.74) is 1.16. The lowest BCUT2D eigenvalue weighted by atomic mass is 10.1. The molecule has 0 unspecified atom stereocenters. The number of hydrogen-bond donors (Lipinski definition) is 0. The molecule has 0 spiro atoms. The highest BCUT2D eigenvalue weighted by Gasteiger charge is 2.24. The molecule has 10 heavy (non-hydrogen) atoms. The molecular weight excluding hydrogens is 126 g/mol. The van der Waals surface area contributed by atoms with Crippen molar-refractivity contribution < 1.29 is 4.79 Å². The number of nitrogens with zero attached hydrogens (tertiary/aromatic N) is 1. The van der Waals surface area contributed by atoms with Crippen molar-refractivity contribution in [2.45, 2.75) is 19.3 Å². The molecule has 2 heterocycles. The molecule has 0 amide bonds. The Bertz CT molecular complexity index is 275. The van der Waals surface area contributed by atoms with Crippen LogP contribution in [0.1, 0.15) is 29.8 Å². The Morgan fingerprint density at radius 2 is 2.50 bits per heavy atom. The molecule has 1 aliphatic heterocycles. The summed E-state index contributed by atoms with van der Waals surface area (Å²) in [5.74, 6) is 0.648. The van der Waals surface area contributed by atoms with Crippen LogP contribution in [0.4, 0.5) is 0 Å². The molecule has 0 radical (unpaired) electrons. The van der Waals surface area contributed by atoms with Gasteiger partial charge in [-0.25, -0.2) is 0 Å². The van der Waals surface area contributed by atoms with Gasteiger partial charge in [0.1, 0.15) is 0 Å². The maximum atomic E-state index is 11.1. The third-order valence-corrected chi connectivity index (χ3v) is 2.03. The van der Waals surface area contributed by atoms with E-state index >= 15 is 0 Å². The Kier molecular flexibility index (Phi) is 0.982. The second-order valence-corrected chi connectivity index (χ2v) is 2.80. The molecule has 0 aromatic carbocycles. The van der Waals surface area contributed by atoms with Crippen LogP contribution in [0, 0.1) is 0 Å². The second-order valence-electron chi connectivity index (χ2n) is 2.80. The first-order valence-corrected chi connectivity index (χ1v) is 3.49. The van der Waals surface area contributed by atoms with Crippen LogP contribution < -0.4 is 0 Å². The first-order valence-electron chi connectivity index (χ1n) is 3.49. The summed E-state index contributed by atoms with van der Waals surface area (Å²) in [7, 11) is 0. The van der Waals surface area contributed by atoms with E-state index < -0.39 is 0 Å². The third kappa shape index (κ3) is 0.561. The number of carbonyl (C=O) groups is 1. The summed E-state index contributed by atoms with van der Waals surface area (Å²) in [6.07, 6.45) is 2.51. The maximum absolute atomic E-state index is 11.1. The number of aromatic nitrogens is 1. The number of hydrogen-bond acceptors (Lipinski definition) is 1. The standard InChI is InChI=1S/C8H9NO/c1-6-5-8(10)9-4-2-3-7(6)9/h2-4,6H,5H2,1H3/t6-/m1/s1. The Hall–Kier alpha value is -1.05. The quantitative estimate of drug-likeness (QED) is 0.530. The molecule has 1 aromatic heterocycles. The van der Waals surface area contributed by atoms with Gasteiger partial charge in [0.2, 0.25) is 5.91 Å². The van der Waals surface area contributed by atoms with Crippen LogP contribution in [-0.4, -0.2) is 10.5 Å². The van der Waals surface area contributed by atoms with Crippen LogP contribution in [-0.2, 0) is 0 Å². The molecule has 0 fully saturated rings. The molecule has 1 atom stereocenters. The molecule has 0 N–H and O–H groups in total. The van der Waals surface area contributed by atoms with E-state index in [0.717, 1.165) is 5.69 Å². The zero-order valence-corrected chi connectivity index (χ0v) is 5.87. The fourth-order valence-electron chi connectivity index (χ4n) is 1.49. The van der Waals surface area contributed by atoms with Crippen molar-refractivity contribution in [3.05, 3.63) is 24.0 Å². The van der Waals surface area contributed by atoms with Crippen molar-refractivity contribution >= 4 is 5.91 Å². The molecule has 2 nitrogen and oxygen atoms in total. The van der Waals surface area contributed by atoms with Crippen molar-refractivity contribution in [3.63, 3.8) is 0 Å². The van der Waals surface area contributed by atoms with E-state index in [0.29, 0.717) is 12.3 Å². The summed E-state index contributed by atoms with van der Waals surface area (Å²) in [5, 5.41) is 0. The first-order chi connectivity index (χ1) is 4.79. The van der Waals surface area contributed by atoms with E-state index in [1.807, 2.05) is 18.3 Å². The van der Waals surface area contributed by atoms with Gasteiger partial charge in [-0.05, 0) is 12.1 Å². The van der Waals surface area contributed by atoms with Crippen molar-refractivity contribution in [1.29, 1.82) is 0 Å². The largest absolute Gasteiger partial charge is 0.291 e. The van der Waals surface area contributed by atoms with Crippen LogP contribution in [0.5, 0.6) is 0 Å². The SMILES string of the molecule is C[C@@H]1CC(=O)n2cccc21. The fraction of sp³-hybridized carbons (Fsp3) is 0.375. The Balaban J connectivity index is 2.58. The van der Waals surface area contributed by atoms with Gasteiger partial charge in [-0.1, -0.05) is 6.92 Å². The lowest BCUT2D eigenvalue weighted by Gasteiger charge is -1.94. The zero-order chi connectivity index (χ0) is 7.14. The molecular formula is C8H9NO. The van der Waals surface area contributed by atoms with Gasteiger partial charge in [0.05, 0.1) is 0 Å². The summed E-state index contributed by atoms with van der Waals surface area (Å²) in [6.45, 7) is 2.08. The highest BCUT2D eigenvalue weighted by Crippen LogP contribution is 2.26. The van der Waals surface area contributed by atoms with Crippen LogP contribution in [0.15, 0.2) is 18.3 Å². The molecule has 2 heteroatoms. The molecule has 0 aliphatic carbocycles. The molecule has 52 valence electrons. The van der Waals surface area contributed by atoms with E-state index in [1.54, 1.807) is 4.57 Å². The van der Waals surface area contributed by atoms with Gasteiger partial charge in [-0.2, -0.15) is 0 Å².